The van der Waals surface area contributed by atoms with E-state index in [0.29, 0.717) is 12.1 Å². The van der Waals surface area contributed by atoms with Crippen LogP contribution in [0.3, 0.4) is 0 Å². The lowest BCUT2D eigenvalue weighted by Crippen LogP contribution is -2.09. The topological polar surface area (TPSA) is 34.9 Å². The van der Waals surface area contributed by atoms with Crippen LogP contribution >= 0.6 is 0 Å². The Morgan fingerprint density at radius 3 is 2.60 bits per heavy atom. The molecule has 0 N–H and O–H groups in total. The molecule has 76 valence electrons. The first kappa shape index (κ1) is 9.65. The molecule has 0 aliphatic carbocycles. The molecule has 0 saturated heterocycles. The zero-order valence-corrected chi connectivity index (χ0v) is 8.55. The van der Waals surface area contributed by atoms with Gasteiger partial charge in [-0.3, -0.25) is 9.48 Å². The summed E-state index contributed by atoms with van der Waals surface area (Å²) in [5.74, 6) is 0.0983. The van der Waals surface area contributed by atoms with E-state index in [9.17, 15) is 4.79 Å². The highest BCUT2D eigenvalue weighted by atomic mass is 16.1. The second kappa shape index (κ2) is 4.09. The van der Waals surface area contributed by atoms with Gasteiger partial charge < -0.3 is 0 Å². The van der Waals surface area contributed by atoms with Crippen molar-refractivity contribution in [2.45, 2.75) is 6.42 Å². The van der Waals surface area contributed by atoms with Crippen molar-refractivity contribution in [3.8, 4) is 0 Å². The number of nitrogens with zero attached hydrogens (tertiary/aromatic N) is 2. The van der Waals surface area contributed by atoms with Gasteiger partial charge in [-0.1, -0.05) is 30.3 Å². The second-order valence-corrected chi connectivity index (χ2v) is 3.43. The molecule has 1 heterocycles. The van der Waals surface area contributed by atoms with Crippen LogP contribution in [0.15, 0.2) is 42.6 Å². The Kier molecular flexibility index (Phi) is 2.63. The van der Waals surface area contributed by atoms with Crippen LogP contribution in [0.5, 0.6) is 0 Å². The molecule has 0 spiro atoms. The molecule has 1 aromatic carbocycles. The Morgan fingerprint density at radius 1 is 1.27 bits per heavy atom. The van der Waals surface area contributed by atoms with Crippen molar-refractivity contribution in [2.24, 2.45) is 7.05 Å². The minimum Gasteiger partial charge on any atom is -0.292 e. The van der Waals surface area contributed by atoms with Gasteiger partial charge in [0.1, 0.15) is 5.69 Å². The first-order valence-corrected chi connectivity index (χ1v) is 4.82. The van der Waals surface area contributed by atoms with E-state index < -0.39 is 0 Å². The van der Waals surface area contributed by atoms with E-state index in [0.717, 1.165) is 5.56 Å². The average molecular weight is 200 g/mol. The van der Waals surface area contributed by atoms with Crippen LogP contribution < -0.4 is 0 Å². The van der Waals surface area contributed by atoms with Crippen molar-refractivity contribution in [1.29, 1.82) is 0 Å². The fraction of sp³-hybridized carbons (Fsp3) is 0.167. The molecule has 0 radical (unpaired) electrons. The number of carbonyl (C=O) groups is 1. The number of carbonyl (C=O) groups excluding carboxylic acids is 1. The zero-order valence-electron chi connectivity index (χ0n) is 8.55. The third-order valence-corrected chi connectivity index (χ3v) is 2.31. The summed E-state index contributed by atoms with van der Waals surface area (Å²) >= 11 is 0. The van der Waals surface area contributed by atoms with Crippen LogP contribution in [0.25, 0.3) is 0 Å². The van der Waals surface area contributed by atoms with Crippen LogP contribution in [0.2, 0.25) is 0 Å². The highest BCUT2D eigenvalue weighted by Gasteiger charge is 2.09. The van der Waals surface area contributed by atoms with E-state index in [-0.39, 0.29) is 5.78 Å². The number of hydrogen-bond donors (Lipinski definition) is 0. The molecular formula is C12H12N2O. The summed E-state index contributed by atoms with van der Waals surface area (Å²) in [6.45, 7) is 0. The van der Waals surface area contributed by atoms with E-state index in [2.05, 4.69) is 5.10 Å². The third kappa shape index (κ3) is 2.13. The Labute approximate surface area is 88.4 Å². The number of rotatable bonds is 3. The molecule has 0 aliphatic rings. The van der Waals surface area contributed by atoms with E-state index in [1.165, 1.54) is 0 Å². The minimum absolute atomic E-state index is 0.0983. The summed E-state index contributed by atoms with van der Waals surface area (Å²) in [6, 6.07) is 11.5. The summed E-state index contributed by atoms with van der Waals surface area (Å²) in [5.41, 5.74) is 1.68. The van der Waals surface area contributed by atoms with Gasteiger partial charge in [0.15, 0.2) is 5.78 Å². The maximum absolute atomic E-state index is 11.8. The van der Waals surface area contributed by atoms with Crippen LogP contribution in [0.1, 0.15) is 16.1 Å². The molecule has 2 aromatic rings. The van der Waals surface area contributed by atoms with Crippen molar-refractivity contribution in [2.75, 3.05) is 0 Å². The van der Waals surface area contributed by atoms with Gasteiger partial charge >= 0.3 is 0 Å². The smallest absolute Gasteiger partial charge is 0.185 e. The van der Waals surface area contributed by atoms with E-state index in [1.807, 2.05) is 30.3 Å². The third-order valence-electron chi connectivity index (χ3n) is 2.31. The number of aromatic nitrogens is 2. The molecular weight excluding hydrogens is 188 g/mol. The molecule has 0 amide bonds. The maximum Gasteiger partial charge on any atom is 0.185 e. The molecule has 15 heavy (non-hydrogen) atoms. The normalized spacial score (nSPS) is 10.2. The van der Waals surface area contributed by atoms with Crippen LogP contribution in [0.4, 0.5) is 0 Å². The molecule has 0 aliphatic heterocycles. The summed E-state index contributed by atoms with van der Waals surface area (Å²) < 4.78 is 1.60. The van der Waals surface area contributed by atoms with Crippen LogP contribution in [0, 0.1) is 0 Å². The fourth-order valence-corrected chi connectivity index (χ4v) is 1.52. The minimum atomic E-state index is 0.0983. The van der Waals surface area contributed by atoms with Gasteiger partial charge in [0, 0.05) is 19.7 Å². The number of aryl methyl sites for hydroxylation is 1. The van der Waals surface area contributed by atoms with Gasteiger partial charge in [-0.15, -0.1) is 0 Å². The average Bonchev–Trinajstić information content (AvgIpc) is 2.66. The zero-order chi connectivity index (χ0) is 10.7. The summed E-state index contributed by atoms with van der Waals surface area (Å²) in [4.78, 5) is 11.8. The van der Waals surface area contributed by atoms with Gasteiger partial charge in [0.25, 0.3) is 0 Å². The largest absolute Gasteiger partial charge is 0.292 e. The molecule has 0 atom stereocenters. The molecule has 0 unspecified atom stereocenters. The number of benzene rings is 1. The second-order valence-electron chi connectivity index (χ2n) is 3.43. The SMILES string of the molecule is Cn1nccc1C(=O)Cc1ccccc1. The van der Waals surface area contributed by atoms with Crippen LogP contribution in [-0.2, 0) is 13.5 Å². The first-order chi connectivity index (χ1) is 7.27. The highest BCUT2D eigenvalue weighted by Crippen LogP contribution is 2.06. The van der Waals surface area contributed by atoms with Gasteiger partial charge in [-0.05, 0) is 11.6 Å². The molecule has 3 nitrogen and oxygen atoms in total. The van der Waals surface area contributed by atoms with Crippen molar-refractivity contribution in [3.63, 3.8) is 0 Å². The number of ketones is 1. The van der Waals surface area contributed by atoms with Crippen molar-refractivity contribution in [1.82, 2.24) is 9.78 Å². The standard InChI is InChI=1S/C12H12N2O/c1-14-11(7-8-13-14)12(15)9-10-5-3-2-4-6-10/h2-8H,9H2,1H3. The molecule has 0 fully saturated rings. The number of hydrogen-bond acceptors (Lipinski definition) is 2. The quantitative estimate of drug-likeness (QED) is 0.709. The molecule has 0 saturated carbocycles. The Morgan fingerprint density at radius 2 is 2.00 bits per heavy atom. The lowest BCUT2D eigenvalue weighted by atomic mass is 10.1. The van der Waals surface area contributed by atoms with Gasteiger partial charge in [-0.25, -0.2) is 0 Å². The van der Waals surface area contributed by atoms with Crippen molar-refractivity contribution < 1.29 is 4.79 Å². The molecule has 2 rings (SSSR count). The molecule has 0 bridgehead atoms. The van der Waals surface area contributed by atoms with E-state index in [1.54, 1.807) is 24.0 Å². The Bertz CT molecular complexity index is 459. The lowest BCUT2D eigenvalue weighted by molar-refractivity contribution is 0.0984. The van der Waals surface area contributed by atoms with Gasteiger partial charge in [-0.2, -0.15) is 5.10 Å². The fourth-order valence-electron chi connectivity index (χ4n) is 1.52. The summed E-state index contributed by atoms with van der Waals surface area (Å²) in [6.07, 6.45) is 2.07. The highest BCUT2D eigenvalue weighted by molar-refractivity contribution is 5.95. The lowest BCUT2D eigenvalue weighted by Gasteiger charge is -2.01. The summed E-state index contributed by atoms with van der Waals surface area (Å²) in [7, 11) is 1.78. The molecule has 1 aromatic heterocycles. The predicted octanol–water partition coefficient (Wildman–Crippen LogP) is 1.85. The Hall–Kier alpha value is -1.90. The van der Waals surface area contributed by atoms with E-state index in [4.69, 9.17) is 0 Å². The van der Waals surface area contributed by atoms with Gasteiger partial charge in [0.05, 0.1) is 0 Å². The van der Waals surface area contributed by atoms with Crippen molar-refractivity contribution in [3.05, 3.63) is 53.9 Å². The van der Waals surface area contributed by atoms with E-state index >= 15 is 0 Å². The number of Topliss-reactive ketones (excluding diaryl/α,β-unsaturated/α-hetero) is 1. The van der Waals surface area contributed by atoms with Gasteiger partial charge in [0.2, 0.25) is 0 Å². The van der Waals surface area contributed by atoms with Crippen molar-refractivity contribution >= 4 is 5.78 Å². The maximum atomic E-state index is 11.8. The van der Waals surface area contributed by atoms with Crippen LogP contribution in [-0.4, -0.2) is 15.6 Å². The monoisotopic (exact) mass is 200 g/mol. The first-order valence-electron chi connectivity index (χ1n) is 4.82. The Balaban J connectivity index is 2.15. The molecule has 3 heteroatoms. The predicted molar refractivity (Wildman–Crippen MR) is 57.7 cm³/mol. The summed E-state index contributed by atoms with van der Waals surface area (Å²) in [5, 5.41) is 3.98.